The first kappa shape index (κ1) is 16.5. The minimum absolute atomic E-state index is 0.171. The van der Waals surface area contributed by atoms with Gasteiger partial charge in [-0.05, 0) is 19.1 Å². The molecule has 0 radical (unpaired) electrons. The molecule has 1 aliphatic heterocycles. The van der Waals surface area contributed by atoms with Gasteiger partial charge in [0.15, 0.2) is 5.69 Å². The van der Waals surface area contributed by atoms with Crippen molar-refractivity contribution in [2.75, 3.05) is 31.1 Å². The van der Waals surface area contributed by atoms with Crippen LogP contribution in [0.5, 0.6) is 0 Å². The average Bonchev–Trinajstić information content (AvgIpc) is 3.11. The predicted molar refractivity (Wildman–Crippen MR) is 89.7 cm³/mol. The molecule has 7 heteroatoms. The minimum Gasteiger partial charge on any atom is -0.446 e. The lowest BCUT2D eigenvalue weighted by molar-refractivity contribution is 0.0740. The first-order valence-corrected chi connectivity index (χ1v) is 8.04. The van der Waals surface area contributed by atoms with Crippen molar-refractivity contribution in [1.82, 2.24) is 9.88 Å². The molecule has 3 N–H and O–H groups in total. The number of aliphatic hydroxyl groups is 1. The van der Waals surface area contributed by atoms with Crippen LogP contribution >= 0.6 is 0 Å². The highest BCUT2D eigenvalue weighted by Gasteiger charge is 2.26. The maximum absolute atomic E-state index is 12.5. The number of para-hydroxylation sites is 1. The third-order valence-electron chi connectivity index (χ3n) is 4.23. The Labute approximate surface area is 140 Å². The molecule has 0 saturated carbocycles. The number of oxazole rings is 1. The van der Waals surface area contributed by atoms with Crippen molar-refractivity contribution in [3.63, 3.8) is 0 Å². The third-order valence-corrected chi connectivity index (χ3v) is 4.23. The van der Waals surface area contributed by atoms with Crippen LogP contribution in [-0.4, -0.2) is 53.2 Å². The maximum atomic E-state index is 12.5. The third kappa shape index (κ3) is 3.42. The summed E-state index contributed by atoms with van der Waals surface area (Å²) < 4.78 is 5.24. The Morgan fingerprint density at radius 3 is 2.54 bits per heavy atom. The Bertz CT molecular complexity index is 678. The number of aliphatic hydroxyl groups excluding tert-OH is 1. The molecule has 0 spiro atoms. The number of hydrogen-bond donors (Lipinski definition) is 2. The predicted octanol–water partition coefficient (Wildman–Crippen LogP) is 1.02. The Hall–Kier alpha value is -2.38. The number of rotatable bonds is 4. The van der Waals surface area contributed by atoms with E-state index in [2.05, 4.69) is 22.0 Å². The van der Waals surface area contributed by atoms with Crippen LogP contribution in [-0.2, 0) is 0 Å². The molecule has 24 heavy (non-hydrogen) atoms. The molecule has 2 atom stereocenters. The quantitative estimate of drug-likeness (QED) is 0.869. The van der Waals surface area contributed by atoms with E-state index in [-0.39, 0.29) is 17.5 Å². The SMILES string of the molecule is CC(O)C(N)c1nc(C(=O)N2CCN(c3ccccc3)CC2)co1. The highest BCUT2D eigenvalue weighted by molar-refractivity contribution is 5.92. The monoisotopic (exact) mass is 330 g/mol. The van der Waals surface area contributed by atoms with Crippen molar-refractivity contribution in [2.24, 2.45) is 5.73 Å². The van der Waals surface area contributed by atoms with Gasteiger partial charge in [0.05, 0.1) is 6.10 Å². The molecule has 1 fully saturated rings. The molecule has 1 amide bonds. The number of carbonyl (C=O) groups excluding carboxylic acids is 1. The molecule has 1 aromatic carbocycles. The van der Waals surface area contributed by atoms with Crippen LogP contribution in [0.1, 0.15) is 29.3 Å². The smallest absolute Gasteiger partial charge is 0.275 e. The number of amides is 1. The number of anilines is 1. The highest BCUT2D eigenvalue weighted by Crippen LogP contribution is 2.18. The number of nitrogens with zero attached hydrogens (tertiary/aromatic N) is 3. The summed E-state index contributed by atoms with van der Waals surface area (Å²) >= 11 is 0. The normalized spacial score (nSPS) is 17.6. The summed E-state index contributed by atoms with van der Waals surface area (Å²) in [7, 11) is 0. The second-order valence-corrected chi connectivity index (χ2v) is 5.95. The van der Waals surface area contributed by atoms with Gasteiger partial charge in [-0.15, -0.1) is 0 Å². The molecule has 2 unspecified atom stereocenters. The maximum Gasteiger partial charge on any atom is 0.275 e. The van der Waals surface area contributed by atoms with Gasteiger partial charge in [-0.3, -0.25) is 4.79 Å². The van der Waals surface area contributed by atoms with E-state index >= 15 is 0 Å². The first-order valence-electron chi connectivity index (χ1n) is 8.04. The molecule has 1 aliphatic rings. The van der Waals surface area contributed by atoms with Crippen LogP contribution in [0.3, 0.4) is 0 Å². The van der Waals surface area contributed by atoms with Crippen LogP contribution in [0.2, 0.25) is 0 Å². The highest BCUT2D eigenvalue weighted by atomic mass is 16.3. The molecule has 2 heterocycles. The van der Waals surface area contributed by atoms with Crippen molar-refractivity contribution in [2.45, 2.75) is 19.1 Å². The standard InChI is InChI=1S/C17H22N4O3/c1-12(22)15(18)16-19-14(11-24-16)17(23)21-9-7-20(8-10-21)13-5-3-2-4-6-13/h2-6,11-12,15,22H,7-10,18H2,1H3. The zero-order chi connectivity index (χ0) is 17.1. The first-order chi connectivity index (χ1) is 11.6. The number of benzene rings is 1. The van der Waals surface area contributed by atoms with E-state index in [0.29, 0.717) is 13.1 Å². The van der Waals surface area contributed by atoms with Crippen molar-refractivity contribution >= 4 is 11.6 Å². The Morgan fingerprint density at radius 2 is 1.92 bits per heavy atom. The van der Waals surface area contributed by atoms with Crippen LogP contribution < -0.4 is 10.6 Å². The van der Waals surface area contributed by atoms with E-state index in [1.54, 1.807) is 11.8 Å². The van der Waals surface area contributed by atoms with Gasteiger partial charge >= 0.3 is 0 Å². The Kier molecular flexibility index (Phi) is 4.82. The zero-order valence-electron chi connectivity index (χ0n) is 13.6. The van der Waals surface area contributed by atoms with Crippen molar-refractivity contribution in [3.8, 4) is 0 Å². The topological polar surface area (TPSA) is 95.8 Å². The molecule has 2 aromatic rings. The fraction of sp³-hybridized carbons (Fsp3) is 0.412. The van der Waals surface area contributed by atoms with Crippen LogP contribution in [0.15, 0.2) is 41.0 Å². The molecule has 3 rings (SSSR count). The van der Waals surface area contributed by atoms with E-state index in [4.69, 9.17) is 10.2 Å². The number of hydrogen-bond acceptors (Lipinski definition) is 6. The van der Waals surface area contributed by atoms with Gasteiger partial charge in [0.25, 0.3) is 5.91 Å². The number of nitrogens with two attached hydrogens (primary N) is 1. The summed E-state index contributed by atoms with van der Waals surface area (Å²) in [6.07, 6.45) is 0.518. The molecule has 0 bridgehead atoms. The Balaban J connectivity index is 1.61. The van der Waals surface area contributed by atoms with Crippen molar-refractivity contribution in [1.29, 1.82) is 0 Å². The molecule has 0 aliphatic carbocycles. The summed E-state index contributed by atoms with van der Waals surface area (Å²) in [5.74, 6) is 0.00627. The van der Waals surface area contributed by atoms with Crippen molar-refractivity contribution in [3.05, 3.63) is 48.2 Å². The second-order valence-electron chi connectivity index (χ2n) is 5.95. The Morgan fingerprint density at radius 1 is 1.25 bits per heavy atom. The summed E-state index contributed by atoms with van der Waals surface area (Å²) in [5.41, 5.74) is 7.17. The lowest BCUT2D eigenvalue weighted by Crippen LogP contribution is -2.48. The summed E-state index contributed by atoms with van der Waals surface area (Å²) in [6, 6.07) is 9.41. The minimum atomic E-state index is -0.791. The number of aromatic nitrogens is 1. The number of carbonyl (C=O) groups is 1. The molecule has 1 saturated heterocycles. The van der Waals surface area contributed by atoms with Crippen molar-refractivity contribution < 1.29 is 14.3 Å². The summed E-state index contributed by atoms with van der Waals surface area (Å²) in [4.78, 5) is 20.7. The molecular formula is C17H22N4O3. The van der Waals surface area contributed by atoms with Gasteiger partial charge in [-0.1, -0.05) is 18.2 Å². The lowest BCUT2D eigenvalue weighted by Gasteiger charge is -2.35. The van der Waals surface area contributed by atoms with Crippen LogP contribution in [0, 0.1) is 0 Å². The molecule has 128 valence electrons. The largest absolute Gasteiger partial charge is 0.446 e. The summed E-state index contributed by atoms with van der Waals surface area (Å²) in [6.45, 7) is 4.34. The average molecular weight is 330 g/mol. The fourth-order valence-electron chi connectivity index (χ4n) is 2.71. The van der Waals surface area contributed by atoms with E-state index in [9.17, 15) is 9.90 Å². The van der Waals surface area contributed by atoms with Gasteiger partial charge in [-0.25, -0.2) is 4.98 Å². The van der Waals surface area contributed by atoms with E-state index in [1.807, 2.05) is 18.2 Å². The molecule has 7 nitrogen and oxygen atoms in total. The fourth-order valence-corrected chi connectivity index (χ4v) is 2.71. The number of piperazine rings is 1. The van der Waals surface area contributed by atoms with Gasteiger partial charge < -0.3 is 25.1 Å². The molecular weight excluding hydrogens is 308 g/mol. The van der Waals surface area contributed by atoms with E-state index in [1.165, 1.54) is 6.26 Å². The van der Waals surface area contributed by atoms with Crippen LogP contribution in [0.25, 0.3) is 0 Å². The second kappa shape index (κ2) is 7.02. The van der Waals surface area contributed by atoms with Gasteiger partial charge in [0.2, 0.25) is 5.89 Å². The van der Waals surface area contributed by atoms with Gasteiger partial charge in [-0.2, -0.15) is 0 Å². The summed E-state index contributed by atoms with van der Waals surface area (Å²) in [5, 5.41) is 9.48. The van der Waals surface area contributed by atoms with Crippen LogP contribution in [0.4, 0.5) is 5.69 Å². The lowest BCUT2D eigenvalue weighted by atomic mass is 10.2. The zero-order valence-corrected chi connectivity index (χ0v) is 13.6. The van der Waals surface area contributed by atoms with Gasteiger partial charge in [0, 0.05) is 31.9 Å². The van der Waals surface area contributed by atoms with Gasteiger partial charge in [0.1, 0.15) is 12.3 Å². The van der Waals surface area contributed by atoms with E-state index < -0.39 is 12.1 Å². The molecule has 1 aromatic heterocycles. The van der Waals surface area contributed by atoms with E-state index in [0.717, 1.165) is 18.8 Å².